The van der Waals surface area contributed by atoms with Gasteiger partial charge in [-0.3, -0.25) is 24.4 Å². The fraction of sp³-hybridized carbons (Fsp3) is 0.455. The van der Waals surface area contributed by atoms with Crippen molar-refractivity contribution < 1.29 is 14.1 Å². The number of carbonyl (C=O) groups is 1. The topological polar surface area (TPSA) is 111 Å². The molecule has 0 saturated carbocycles. The fourth-order valence-corrected chi connectivity index (χ4v) is 4.96. The molecule has 1 aromatic carbocycles. The molecule has 1 aliphatic heterocycles. The van der Waals surface area contributed by atoms with Crippen molar-refractivity contribution in [2.45, 2.75) is 38.8 Å². The highest BCUT2D eigenvalue weighted by molar-refractivity contribution is 7.09. The van der Waals surface area contributed by atoms with E-state index in [1.807, 2.05) is 0 Å². The van der Waals surface area contributed by atoms with Gasteiger partial charge in [0.15, 0.2) is 5.58 Å². The number of nitrogens with zero attached hydrogens (tertiary/aromatic N) is 3. The number of hydrogen-bond acceptors (Lipinski definition) is 7. The second-order valence-corrected chi connectivity index (χ2v) is 9.19. The predicted molar refractivity (Wildman–Crippen MR) is 122 cm³/mol. The summed E-state index contributed by atoms with van der Waals surface area (Å²) in [7, 11) is 0. The Kier molecular flexibility index (Phi) is 7.01. The monoisotopic (exact) mass is 458 g/mol. The summed E-state index contributed by atoms with van der Waals surface area (Å²) in [5, 5.41) is 16.0. The van der Waals surface area contributed by atoms with Crippen molar-refractivity contribution in [3.05, 3.63) is 61.3 Å². The lowest BCUT2D eigenvalue weighted by atomic mass is 9.98. The zero-order valence-electron chi connectivity index (χ0n) is 17.7. The number of non-ortho nitro benzene ring substituents is 1. The number of amides is 1. The third kappa shape index (κ3) is 5.43. The molecule has 1 fully saturated rings. The van der Waals surface area contributed by atoms with Crippen LogP contribution in [0, 0.1) is 16.0 Å². The number of rotatable bonds is 9. The normalized spacial score (nSPS) is 16.9. The van der Waals surface area contributed by atoms with E-state index in [4.69, 9.17) is 4.42 Å². The number of likely N-dealkylation sites (tertiary alicyclic amines) is 1. The van der Waals surface area contributed by atoms with Gasteiger partial charge in [0.2, 0.25) is 5.91 Å². The summed E-state index contributed by atoms with van der Waals surface area (Å²) >= 11 is 1.78. The number of nitro groups is 1. The largest absolute Gasteiger partial charge is 0.419 e. The molecule has 1 saturated heterocycles. The first-order valence-electron chi connectivity index (χ1n) is 10.8. The molecule has 170 valence electrons. The Hall–Kier alpha value is -2.98. The quantitative estimate of drug-likeness (QED) is 0.389. The minimum Gasteiger partial charge on any atom is -0.407 e. The Morgan fingerprint density at radius 3 is 3.00 bits per heavy atom. The molecule has 1 atom stereocenters. The highest BCUT2D eigenvalue weighted by Gasteiger charge is 2.21. The molecule has 1 unspecified atom stereocenters. The van der Waals surface area contributed by atoms with E-state index in [0.29, 0.717) is 37.4 Å². The summed E-state index contributed by atoms with van der Waals surface area (Å²) < 4.78 is 6.53. The Balaban J connectivity index is 1.23. The van der Waals surface area contributed by atoms with Gasteiger partial charge in [-0.1, -0.05) is 6.07 Å². The molecule has 0 bridgehead atoms. The average Bonchev–Trinajstić information content (AvgIpc) is 3.39. The van der Waals surface area contributed by atoms with Gasteiger partial charge in [0.05, 0.1) is 16.5 Å². The molecular formula is C22H26N4O5S. The van der Waals surface area contributed by atoms with Crippen LogP contribution in [-0.2, 0) is 17.9 Å². The van der Waals surface area contributed by atoms with E-state index in [-0.39, 0.29) is 17.2 Å². The maximum atomic E-state index is 12.3. The SMILES string of the molecule is O=C(CCCn1c(=O)oc2cc([N+](=O)[O-])ccc21)NCC1CCCN(Cc2cccs2)C1. The van der Waals surface area contributed by atoms with Gasteiger partial charge in [-0.25, -0.2) is 4.79 Å². The van der Waals surface area contributed by atoms with Crippen molar-refractivity contribution in [3.8, 4) is 0 Å². The molecule has 10 heteroatoms. The van der Waals surface area contributed by atoms with Crippen LogP contribution in [-0.4, -0.2) is 39.9 Å². The number of piperidine rings is 1. The van der Waals surface area contributed by atoms with Crippen LogP contribution in [0.4, 0.5) is 5.69 Å². The van der Waals surface area contributed by atoms with E-state index in [0.717, 1.165) is 32.5 Å². The molecule has 32 heavy (non-hydrogen) atoms. The molecule has 3 aromatic rings. The first-order chi connectivity index (χ1) is 15.5. The van der Waals surface area contributed by atoms with Gasteiger partial charge in [-0.05, 0) is 49.2 Å². The van der Waals surface area contributed by atoms with Crippen LogP contribution in [0.3, 0.4) is 0 Å². The molecule has 0 spiro atoms. The molecule has 4 rings (SSSR count). The highest BCUT2D eigenvalue weighted by atomic mass is 32.1. The van der Waals surface area contributed by atoms with Crippen LogP contribution in [0.15, 0.2) is 44.9 Å². The van der Waals surface area contributed by atoms with Gasteiger partial charge in [0, 0.05) is 43.5 Å². The van der Waals surface area contributed by atoms with Crippen molar-refractivity contribution in [3.63, 3.8) is 0 Å². The lowest BCUT2D eigenvalue weighted by Gasteiger charge is -2.32. The summed E-state index contributed by atoms with van der Waals surface area (Å²) in [6.45, 7) is 4.03. The van der Waals surface area contributed by atoms with E-state index in [1.54, 1.807) is 11.3 Å². The number of oxazole rings is 1. The molecule has 0 radical (unpaired) electrons. The number of aromatic nitrogens is 1. The zero-order chi connectivity index (χ0) is 22.5. The Labute approximate surface area is 188 Å². The zero-order valence-corrected chi connectivity index (χ0v) is 18.5. The minimum atomic E-state index is -0.575. The summed E-state index contributed by atoms with van der Waals surface area (Å²) in [5.41, 5.74) is 0.543. The maximum absolute atomic E-state index is 12.3. The summed E-state index contributed by atoms with van der Waals surface area (Å²) in [6, 6.07) is 8.32. The van der Waals surface area contributed by atoms with Crippen molar-refractivity contribution in [1.82, 2.24) is 14.8 Å². The standard InChI is InChI=1S/C22H26N4O5S/c27-21(23-13-16-4-1-9-24(14-16)15-18-5-3-11-32-18)6-2-10-25-19-8-7-17(26(29)30)12-20(19)31-22(25)28/h3,5,7-8,11-12,16H,1-2,4,6,9-10,13-15H2,(H,23,27). The number of carbonyl (C=O) groups excluding carboxylic acids is 1. The van der Waals surface area contributed by atoms with Crippen LogP contribution in [0.1, 0.15) is 30.6 Å². The first-order valence-corrected chi connectivity index (χ1v) is 11.7. The molecule has 1 N–H and O–H groups in total. The second-order valence-electron chi connectivity index (χ2n) is 8.16. The highest BCUT2D eigenvalue weighted by Crippen LogP contribution is 2.21. The van der Waals surface area contributed by atoms with Crippen LogP contribution < -0.4 is 11.1 Å². The molecule has 2 aromatic heterocycles. The molecule has 1 aliphatic rings. The van der Waals surface area contributed by atoms with Crippen LogP contribution in [0.25, 0.3) is 11.1 Å². The molecule has 9 nitrogen and oxygen atoms in total. The van der Waals surface area contributed by atoms with Crippen molar-refractivity contribution in [2.75, 3.05) is 19.6 Å². The number of benzene rings is 1. The van der Waals surface area contributed by atoms with Crippen LogP contribution in [0.5, 0.6) is 0 Å². The van der Waals surface area contributed by atoms with Gasteiger partial charge in [0.1, 0.15) is 0 Å². The van der Waals surface area contributed by atoms with E-state index in [1.165, 1.54) is 27.6 Å². The van der Waals surface area contributed by atoms with Gasteiger partial charge in [0.25, 0.3) is 5.69 Å². The van der Waals surface area contributed by atoms with Crippen molar-refractivity contribution in [2.24, 2.45) is 5.92 Å². The number of nitro benzene ring substituents is 1. The number of fused-ring (bicyclic) bond motifs is 1. The van der Waals surface area contributed by atoms with E-state index in [9.17, 15) is 19.7 Å². The van der Waals surface area contributed by atoms with Gasteiger partial charge in [-0.2, -0.15) is 0 Å². The minimum absolute atomic E-state index is 0.0307. The number of aryl methyl sites for hydroxylation is 1. The van der Waals surface area contributed by atoms with Crippen molar-refractivity contribution in [1.29, 1.82) is 0 Å². The van der Waals surface area contributed by atoms with Crippen LogP contribution in [0.2, 0.25) is 0 Å². The first kappa shape index (κ1) is 22.2. The van der Waals surface area contributed by atoms with E-state index >= 15 is 0 Å². The average molecular weight is 459 g/mol. The summed E-state index contributed by atoms with van der Waals surface area (Å²) in [5.74, 6) is -0.158. The molecular weight excluding hydrogens is 432 g/mol. The third-order valence-electron chi connectivity index (χ3n) is 5.80. The smallest absolute Gasteiger partial charge is 0.407 e. The van der Waals surface area contributed by atoms with Gasteiger partial charge >= 0.3 is 5.76 Å². The number of thiophene rings is 1. The Bertz CT molecular complexity index is 1140. The maximum Gasteiger partial charge on any atom is 0.419 e. The Morgan fingerprint density at radius 1 is 1.34 bits per heavy atom. The molecule has 1 amide bonds. The molecule has 0 aliphatic carbocycles. The van der Waals surface area contributed by atoms with E-state index < -0.39 is 10.7 Å². The summed E-state index contributed by atoms with van der Waals surface area (Å²) in [4.78, 5) is 38.6. The summed E-state index contributed by atoms with van der Waals surface area (Å²) in [6.07, 6.45) is 3.04. The number of nitrogens with one attached hydrogen (secondary N) is 1. The second kappa shape index (κ2) is 10.1. The Morgan fingerprint density at radius 2 is 2.22 bits per heavy atom. The van der Waals surface area contributed by atoms with Gasteiger partial charge < -0.3 is 9.73 Å². The van der Waals surface area contributed by atoms with Gasteiger partial charge in [-0.15, -0.1) is 11.3 Å². The lowest BCUT2D eigenvalue weighted by molar-refractivity contribution is -0.384. The van der Waals surface area contributed by atoms with Crippen molar-refractivity contribution >= 4 is 34.0 Å². The number of hydrogen-bond donors (Lipinski definition) is 1. The fourth-order valence-electron chi connectivity index (χ4n) is 4.21. The van der Waals surface area contributed by atoms with E-state index in [2.05, 4.69) is 27.7 Å². The molecule has 3 heterocycles. The lowest BCUT2D eigenvalue weighted by Crippen LogP contribution is -2.40. The predicted octanol–water partition coefficient (Wildman–Crippen LogP) is 3.37. The van der Waals surface area contributed by atoms with Crippen LogP contribution >= 0.6 is 11.3 Å². The third-order valence-corrected chi connectivity index (χ3v) is 6.66.